The fourth-order valence-corrected chi connectivity index (χ4v) is 5.65. The number of nitrogens with zero attached hydrogens (tertiary/aromatic N) is 4. The van der Waals surface area contributed by atoms with Gasteiger partial charge in [0.1, 0.15) is 16.5 Å². The maximum absolute atomic E-state index is 12.9. The minimum atomic E-state index is -0.142. The van der Waals surface area contributed by atoms with Gasteiger partial charge in [-0.1, -0.05) is 30.1 Å². The standard InChI is InChI=1S/C25H26Cl2N4O3S/c1-3-21-24(16-9-17(26)11-18(27)10-16)30-23(35-21)12-20(32)19-13-29-22(14-28-19)31-7-5-15(6-8-31)25(33)34-4-2/h9-11,13-15H,3-8,12H2,1-2H3. The van der Waals surface area contributed by atoms with Crippen molar-refractivity contribution in [3.8, 4) is 11.3 Å². The summed E-state index contributed by atoms with van der Waals surface area (Å²) in [5, 5.41) is 1.80. The van der Waals surface area contributed by atoms with E-state index in [-0.39, 0.29) is 24.1 Å². The van der Waals surface area contributed by atoms with Crippen LogP contribution in [0.25, 0.3) is 11.3 Å². The molecular formula is C25H26Cl2N4O3S. The van der Waals surface area contributed by atoms with E-state index in [1.54, 1.807) is 12.3 Å². The Hall–Kier alpha value is -2.55. The van der Waals surface area contributed by atoms with Crippen LogP contribution in [-0.4, -0.2) is 46.4 Å². The average Bonchev–Trinajstić information content (AvgIpc) is 3.26. The van der Waals surface area contributed by atoms with E-state index in [4.69, 9.17) is 32.9 Å². The van der Waals surface area contributed by atoms with Crippen LogP contribution in [0.1, 0.15) is 47.1 Å². The number of rotatable bonds is 8. The Balaban J connectivity index is 1.41. The Morgan fingerprint density at radius 1 is 1.09 bits per heavy atom. The second-order valence-corrected chi connectivity index (χ2v) is 10.3. The number of piperidine rings is 1. The Labute approximate surface area is 218 Å². The largest absolute Gasteiger partial charge is 0.466 e. The number of anilines is 1. The first-order chi connectivity index (χ1) is 16.9. The molecule has 1 aliphatic heterocycles. The number of carbonyl (C=O) groups is 2. The summed E-state index contributed by atoms with van der Waals surface area (Å²) in [6, 6.07) is 5.33. The van der Waals surface area contributed by atoms with Crippen LogP contribution in [0.4, 0.5) is 5.82 Å². The zero-order valence-electron chi connectivity index (χ0n) is 19.6. The van der Waals surface area contributed by atoms with Gasteiger partial charge in [0.05, 0.1) is 37.0 Å². The van der Waals surface area contributed by atoms with Crippen molar-refractivity contribution in [2.45, 2.75) is 39.5 Å². The lowest BCUT2D eigenvalue weighted by atomic mass is 9.97. The zero-order valence-corrected chi connectivity index (χ0v) is 21.9. The number of carbonyl (C=O) groups excluding carboxylic acids is 2. The Kier molecular flexibility index (Phi) is 8.36. The summed E-state index contributed by atoms with van der Waals surface area (Å²) in [4.78, 5) is 41.5. The van der Waals surface area contributed by atoms with Gasteiger partial charge in [-0.15, -0.1) is 11.3 Å². The predicted octanol–water partition coefficient (Wildman–Crippen LogP) is 5.67. The van der Waals surface area contributed by atoms with Crippen molar-refractivity contribution in [1.29, 1.82) is 0 Å². The summed E-state index contributed by atoms with van der Waals surface area (Å²) in [5.74, 6) is 0.358. The summed E-state index contributed by atoms with van der Waals surface area (Å²) in [6.45, 7) is 5.66. The van der Waals surface area contributed by atoms with Gasteiger partial charge in [-0.3, -0.25) is 9.59 Å². The third-order valence-corrected chi connectivity index (χ3v) is 7.51. The molecule has 0 spiro atoms. The molecule has 1 aromatic carbocycles. The number of esters is 1. The van der Waals surface area contributed by atoms with Crippen molar-refractivity contribution in [1.82, 2.24) is 15.0 Å². The molecule has 0 radical (unpaired) electrons. The number of Topliss-reactive ketones (excluding diaryl/α,β-unsaturated/α-hetero) is 1. The van der Waals surface area contributed by atoms with E-state index in [2.05, 4.69) is 21.8 Å². The van der Waals surface area contributed by atoms with Gasteiger partial charge in [0, 0.05) is 33.6 Å². The number of halogens is 2. The summed E-state index contributed by atoms with van der Waals surface area (Å²) in [7, 11) is 0. The fourth-order valence-electron chi connectivity index (χ4n) is 4.09. The van der Waals surface area contributed by atoms with Crippen LogP contribution in [0.15, 0.2) is 30.6 Å². The zero-order chi connectivity index (χ0) is 24.9. The van der Waals surface area contributed by atoms with Crippen LogP contribution < -0.4 is 4.90 Å². The van der Waals surface area contributed by atoms with Gasteiger partial charge >= 0.3 is 5.97 Å². The smallest absolute Gasteiger partial charge is 0.309 e. The van der Waals surface area contributed by atoms with Gasteiger partial charge < -0.3 is 9.64 Å². The molecule has 4 rings (SSSR count). The van der Waals surface area contributed by atoms with E-state index < -0.39 is 0 Å². The van der Waals surface area contributed by atoms with Crippen LogP contribution in [0, 0.1) is 5.92 Å². The lowest BCUT2D eigenvalue weighted by Crippen LogP contribution is -2.37. The second-order valence-electron chi connectivity index (χ2n) is 8.26. The number of aryl methyl sites for hydroxylation is 1. The van der Waals surface area contributed by atoms with Gasteiger partial charge in [0.15, 0.2) is 5.78 Å². The normalized spacial score (nSPS) is 14.2. The summed E-state index contributed by atoms with van der Waals surface area (Å²) in [6.07, 6.45) is 5.49. The molecule has 0 unspecified atom stereocenters. The van der Waals surface area contributed by atoms with Crippen molar-refractivity contribution in [3.63, 3.8) is 0 Å². The van der Waals surface area contributed by atoms with Crippen molar-refractivity contribution in [2.24, 2.45) is 5.92 Å². The molecule has 0 N–H and O–H groups in total. The summed E-state index contributed by atoms with van der Waals surface area (Å²) >= 11 is 13.8. The monoisotopic (exact) mass is 532 g/mol. The molecule has 3 heterocycles. The first-order valence-corrected chi connectivity index (χ1v) is 13.2. The number of aromatic nitrogens is 3. The molecule has 184 valence electrons. The molecule has 10 heteroatoms. The number of ketones is 1. The van der Waals surface area contributed by atoms with Crippen molar-refractivity contribution >= 4 is 52.1 Å². The Morgan fingerprint density at radius 2 is 1.80 bits per heavy atom. The number of ether oxygens (including phenoxy) is 1. The van der Waals surface area contributed by atoms with E-state index >= 15 is 0 Å². The molecule has 1 aliphatic rings. The van der Waals surface area contributed by atoms with Gasteiger partial charge in [-0.05, 0) is 44.4 Å². The Morgan fingerprint density at radius 3 is 2.40 bits per heavy atom. The first-order valence-electron chi connectivity index (χ1n) is 11.6. The molecule has 0 amide bonds. The second kappa shape index (κ2) is 11.5. The van der Waals surface area contributed by atoms with E-state index in [9.17, 15) is 9.59 Å². The molecule has 0 atom stereocenters. The SMILES string of the molecule is CCOC(=O)C1CCN(c2cnc(C(=O)Cc3nc(-c4cc(Cl)cc(Cl)c4)c(CC)s3)cn2)CC1. The van der Waals surface area contributed by atoms with Gasteiger partial charge in [0.2, 0.25) is 0 Å². The van der Waals surface area contributed by atoms with E-state index in [0.29, 0.717) is 59.1 Å². The van der Waals surface area contributed by atoms with E-state index in [1.165, 1.54) is 17.5 Å². The van der Waals surface area contributed by atoms with Gasteiger partial charge in [0.25, 0.3) is 0 Å². The number of hydrogen-bond acceptors (Lipinski definition) is 8. The highest BCUT2D eigenvalue weighted by molar-refractivity contribution is 7.12. The maximum atomic E-state index is 12.9. The molecule has 3 aromatic rings. The van der Waals surface area contributed by atoms with Crippen molar-refractivity contribution in [3.05, 3.63) is 56.2 Å². The highest BCUT2D eigenvalue weighted by Gasteiger charge is 2.27. The number of benzene rings is 1. The highest BCUT2D eigenvalue weighted by atomic mass is 35.5. The number of hydrogen-bond donors (Lipinski definition) is 0. The highest BCUT2D eigenvalue weighted by Crippen LogP contribution is 2.33. The topological polar surface area (TPSA) is 85.3 Å². The molecule has 1 saturated heterocycles. The van der Waals surface area contributed by atoms with Crippen LogP contribution in [0.2, 0.25) is 10.0 Å². The minimum absolute atomic E-state index is 0.0702. The molecule has 0 aliphatic carbocycles. The van der Waals surface area contributed by atoms with E-state index in [0.717, 1.165) is 22.6 Å². The quantitative estimate of drug-likeness (QED) is 0.272. The molecule has 35 heavy (non-hydrogen) atoms. The number of thiazole rings is 1. The fraction of sp³-hybridized carbons (Fsp3) is 0.400. The van der Waals surface area contributed by atoms with Crippen molar-refractivity contribution < 1.29 is 14.3 Å². The molecule has 2 aromatic heterocycles. The summed E-state index contributed by atoms with van der Waals surface area (Å²) in [5.41, 5.74) is 1.94. The van der Waals surface area contributed by atoms with Gasteiger partial charge in [-0.25, -0.2) is 15.0 Å². The third-order valence-electron chi connectivity index (χ3n) is 5.87. The van der Waals surface area contributed by atoms with Crippen LogP contribution in [0.3, 0.4) is 0 Å². The average molecular weight is 533 g/mol. The minimum Gasteiger partial charge on any atom is -0.466 e. The lowest BCUT2D eigenvalue weighted by molar-refractivity contribution is -0.148. The van der Waals surface area contributed by atoms with Gasteiger partial charge in [-0.2, -0.15) is 0 Å². The summed E-state index contributed by atoms with van der Waals surface area (Å²) < 4.78 is 5.13. The predicted molar refractivity (Wildman–Crippen MR) is 139 cm³/mol. The van der Waals surface area contributed by atoms with Crippen molar-refractivity contribution in [2.75, 3.05) is 24.6 Å². The first kappa shape index (κ1) is 25.5. The van der Waals surface area contributed by atoms with Crippen LogP contribution in [0.5, 0.6) is 0 Å². The van der Waals surface area contributed by atoms with Crippen LogP contribution >= 0.6 is 34.5 Å². The molecular weight excluding hydrogens is 507 g/mol. The third kappa shape index (κ3) is 6.18. The van der Waals surface area contributed by atoms with Crippen LogP contribution in [-0.2, 0) is 22.4 Å². The van der Waals surface area contributed by atoms with E-state index in [1.807, 2.05) is 19.1 Å². The lowest BCUT2D eigenvalue weighted by Gasteiger charge is -2.31. The molecule has 0 saturated carbocycles. The molecule has 7 nitrogen and oxygen atoms in total. The molecule has 0 bridgehead atoms. The maximum Gasteiger partial charge on any atom is 0.309 e. The Bertz CT molecular complexity index is 1190. The molecule has 1 fully saturated rings.